The number of rotatable bonds is 5. The summed E-state index contributed by atoms with van der Waals surface area (Å²) in [6, 6.07) is 22.7. The van der Waals surface area contributed by atoms with Gasteiger partial charge in [-0.2, -0.15) is 4.68 Å². The first-order chi connectivity index (χ1) is 15.1. The minimum absolute atomic E-state index is 0.380. The van der Waals surface area contributed by atoms with Crippen molar-refractivity contribution >= 4 is 11.7 Å². The van der Waals surface area contributed by atoms with E-state index in [2.05, 4.69) is 17.3 Å². The Labute approximate surface area is 181 Å². The van der Waals surface area contributed by atoms with Crippen LogP contribution in [0.25, 0.3) is 22.8 Å². The van der Waals surface area contributed by atoms with Crippen LogP contribution in [0, 0.1) is 6.92 Å². The number of aromatic nitrogens is 3. The smallest absolute Gasteiger partial charge is 0.348 e. The zero-order chi connectivity index (χ0) is 21.8. The van der Waals surface area contributed by atoms with Gasteiger partial charge in [0.1, 0.15) is 5.75 Å². The predicted octanol–water partition coefficient (Wildman–Crippen LogP) is 5.57. The van der Waals surface area contributed by atoms with E-state index in [9.17, 15) is 4.79 Å². The number of anilines is 1. The molecule has 6 nitrogen and oxygen atoms in total. The first-order valence-corrected chi connectivity index (χ1v) is 10.2. The number of nitrogens with zero attached hydrogens (tertiary/aromatic N) is 3. The van der Waals surface area contributed by atoms with Gasteiger partial charge in [-0.3, -0.25) is 0 Å². The van der Waals surface area contributed by atoms with Crippen LogP contribution >= 0.6 is 0 Å². The molecule has 0 atom stereocenters. The fourth-order valence-electron chi connectivity index (χ4n) is 3.38. The third-order valence-electron chi connectivity index (χ3n) is 5.07. The van der Waals surface area contributed by atoms with Gasteiger partial charge in [0.25, 0.3) is 0 Å². The first-order valence-electron chi connectivity index (χ1n) is 10.2. The second-order valence-corrected chi connectivity index (χ2v) is 7.21. The number of aryl methyl sites for hydroxylation is 2. The molecule has 156 valence electrons. The van der Waals surface area contributed by atoms with Crippen LogP contribution < -0.4 is 10.1 Å². The van der Waals surface area contributed by atoms with Gasteiger partial charge in [-0.05, 0) is 43.2 Å². The lowest BCUT2D eigenvalue weighted by Gasteiger charge is -2.08. The van der Waals surface area contributed by atoms with E-state index in [0.717, 1.165) is 28.7 Å². The van der Waals surface area contributed by atoms with Crippen molar-refractivity contribution in [3.05, 3.63) is 83.9 Å². The molecule has 0 saturated carbocycles. The Morgan fingerprint density at radius 3 is 2.55 bits per heavy atom. The number of hydrogen-bond donors (Lipinski definition) is 1. The van der Waals surface area contributed by atoms with Gasteiger partial charge in [-0.1, -0.05) is 61.0 Å². The maximum absolute atomic E-state index is 13.2. The molecular formula is C25H24N4O2. The fourth-order valence-corrected chi connectivity index (χ4v) is 3.38. The van der Waals surface area contributed by atoms with Crippen molar-refractivity contribution in [2.24, 2.45) is 0 Å². The van der Waals surface area contributed by atoms with E-state index in [1.54, 1.807) is 7.11 Å². The zero-order valence-electron chi connectivity index (χ0n) is 17.8. The van der Waals surface area contributed by atoms with Crippen LogP contribution in [0.4, 0.5) is 10.5 Å². The van der Waals surface area contributed by atoms with Crippen molar-refractivity contribution in [1.82, 2.24) is 14.8 Å². The van der Waals surface area contributed by atoms with Gasteiger partial charge in [-0.15, -0.1) is 5.10 Å². The third kappa shape index (κ3) is 4.33. The molecule has 4 aromatic rings. The molecule has 6 heteroatoms. The lowest BCUT2D eigenvalue weighted by Crippen LogP contribution is -2.21. The van der Waals surface area contributed by atoms with Crippen LogP contribution in [0.2, 0.25) is 0 Å². The van der Waals surface area contributed by atoms with E-state index in [1.165, 1.54) is 4.68 Å². The summed E-state index contributed by atoms with van der Waals surface area (Å²) in [6.07, 6.45) is 0.842. The van der Waals surface area contributed by atoms with Crippen LogP contribution in [-0.2, 0) is 6.42 Å². The minimum atomic E-state index is -0.380. The number of ether oxygens (including phenoxy) is 1. The number of benzene rings is 3. The Morgan fingerprint density at radius 1 is 1.03 bits per heavy atom. The van der Waals surface area contributed by atoms with Gasteiger partial charge in [0.05, 0.1) is 7.11 Å². The number of carbonyl (C=O) groups is 1. The predicted molar refractivity (Wildman–Crippen MR) is 122 cm³/mol. The summed E-state index contributed by atoms with van der Waals surface area (Å²) in [4.78, 5) is 17.9. The first kappa shape index (κ1) is 20.3. The molecule has 0 aliphatic rings. The molecule has 1 amide bonds. The van der Waals surface area contributed by atoms with Gasteiger partial charge in [0.15, 0.2) is 11.6 Å². The largest absolute Gasteiger partial charge is 0.497 e. The molecule has 1 heterocycles. The van der Waals surface area contributed by atoms with Crippen LogP contribution in [0.3, 0.4) is 0 Å². The van der Waals surface area contributed by atoms with Crippen molar-refractivity contribution in [2.75, 3.05) is 12.4 Å². The Hall–Kier alpha value is -3.93. The fraction of sp³-hybridized carbons (Fsp3) is 0.160. The topological polar surface area (TPSA) is 69.0 Å². The lowest BCUT2D eigenvalue weighted by molar-refractivity contribution is 0.251. The van der Waals surface area contributed by atoms with Gasteiger partial charge in [0.2, 0.25) is 0 Å². The van der Waals surface area contributed by atoms with Crippen LogP contribution in [0.1, 0.15) is 18.1 Å². The summed E-state index contributed by atoms with van der Waals surface area (Å²) in [5.41, 5.74) is 4.59. The number of carbonyl (C=O) groups excluding carboxylic acids is 1. The van der Waals surface area contributed by atoms with Crippen molar-refractivity contribution in [3.63, 3.8) is 0 Å². The lowest BCUT2D eigenvalue weighted by atomic mass is 10.1. The summed E-state index contributed by atoms with van der Waals surface area (Å²) >= 11 is 0. The van der Waals surface area contributed by atoms with E-state index in [4.69, 9.17) is 9.72 Å². The summed E-state index contributed by atoms with van der Waals surface area (Å²) in [7, 11) is 1.61. The molecule has 3 aromatic carbocycles. The third-order valence-corrected chi connectivity index (χ3v) is 5.07. The van der Waals surface area contributed by atoms with Gasteiger partial charge < -0.3 is 10.1 Å². The number of hydrogen-bond acceptors (Lipinski definition) is 4. The summed E-state index contributed by atoms with van der Waals surface area (Å²) in [6.45, 7) is 4.09. The zero-order valence-corrected chi connectivity index (χ0v) is 17.8. The highest BCUT2D eigenvalue weighted by molar-refractivity contribution is 5.93. The quantitative estimate of drug-likeness (QED) is 0.465. The minimum Gasteiger partial charge on any atom is -0.497 e. The van der Waals surface area contributed by atoms with E-state index in [-0.39, 0.29) is 6.03 Å². The van der Waals surface area contributed by atoms with E-state index < -0.39 is 0 Å². The second kappa shape index (κ2) is 8.83. The molecule has 0 spiro atoms. The van der Waals surface area contributed by atoms with Crippen LogP contribution in [0.15, 0.2) is 72.8 Å². The normalized spacial score (nSPS) is 10.7. The Bertz CT molecular complexity index is 1210. The molecule has 4 rings (SSSR count). The summed E-state index contributed by atoms with van der Waals surface area (Å²) in [5.74, 6) is 1.64. The second-order valence-electron chi connectivity index (χ2n) is 7.21. The van der Waals surface area contributed by atoms with Gasteiger partial charge >= 0.3 is 6.03 Å². The molecule has 31 heavy (non-hydrogen) atoms. The molecule has 0 unspecified atom stereocenters. The average molecular weight is 412 g/mol. The molecule has 0 bridgehead atoms. The molecule has 0 radical (unpaired) electrons. The molecule has 0 aliphatic heterocycles. The summed E-state index contributed by atoms with van der Waals surface area (Å²) in [5, 5.41) is 7.50. The average Bonchev–Trinajstić information content (AvgIpc) is 3.26. The van der Waals surface area contributed by atoms with E-state index >= 15 is 0 Å². The van der Waals surface area contributed by atoms with Crippen LogP contribution in [0.5, 0.6) is 5.75 Å². The van der Waals surface area contributed by atoms with Crippen molar-refractivity contribution in [2.45, 2.75) is 20.3 Å². The highest BCUT2D eigenvalue weighted by Gasteiger charge is 2.20. The molecule has 1 N–H and O–H groups in total. The molecule has 0 saturated heterocycles. The summed E-state index contributed by atoms with van der Waals surface area (Å²) < 4.78 is 6.67. The van der Waals surface area contributed by atoms with Crippen molar-refractivity contribution in [3.8, 4) is 28.5 Å². The number of amides is 1. The molecule has 0 fully saturated rings. The SMILES string of the molecule is CCc1ccccc1-c1nc(-c2cccc(OC)c2)n(C(=O)Nc2ccc(C)cc2)n1. The molecule has 1 aromatic heterocycles. The number of nitrogens with one attached hydrogen (secondary N) is 1. The van der Waals surface area contributed by atoms with Crippen molar-refractivity contribution in [1.29, 1.82) is 0 Å². The Kier molecular flexibility index (Phi) is 5.80. The Morgan fingerprint density at radius 2 is 1.81 bits per heavy atom. The monoisotopic (exact) mass is 412 g/mol. The van der Waals surface area contributed by atoms with Gasteiger partial charge in [-0.25, -0.2) is 9.78 Å². The standard InChI is InChI=1S/C25H24N4O2/c1-4-18-8-5-6-11-22(18)23-27-24(19-9-7-10-21(16-19)31-3)29(28-23)25(30)26-20-14-12-17(2)13-15-20/h5-16H,4H2,1-3H3,(H,26,30). The van der Waals surface area contributed by atoms with E-state index in [0.29, 0.717) is 23.1 Å². The Balaban J connectivity index is 1.80. The van der Waals surface area contributed by atoms with E-state index in [1.807, 2.05) is 79.7 Å². The maximum atomic E-state index is 13.2. The maximum Gasteiger partial charge on any atom is 0.348 e. The van der Waals surface area contributed by atoms with Gasteiger partial charge in [0, 0.05) is 16.8 Å². The highest BCUT2D eigenvalue weighted by atomic mass is 16.5. The highest BCUT2D eigenvalue weighted by Crippen LogP contribution is 2.27. The molecule has 0 aliphatic carbocycles. The van der Waals surface area contributed by atoms with Crippen molar-refractivity contribution < 1.29 is 9.53 Å². The van der Waals surface area contributed by atoms with Crippen LogP contribution in [-0.4, -0.2) is 27.9 Å². The molecular weight excluding hydrogens is 388 g/mol. The number of methoxy groups -OCH3 is 1.